The highest BCUT2D eigenvalue weighted by Crippen LogP contribution is 2.39. The fraction of sp³-hybridized carbons (Fsp3) is 0.235. The van der Waals surface area contributed by atoms with Crippen molar-refractivity contribution in [2.45, 2.75) is 24.7 Å². The van der Waals surface area contributed by atoms with Crippen LogP contribution in [-0.4, -0.2) is 14.3 Å². The fourth-order valence-corrected chi connectivity index (χ4v) is 4.45. The second-order valence-electron chi connectivity index (χ2n) is 6.05. The Morgan fingerprint density at radius 3 is 2.54 bits per heavy atom. The van der Waals surface area contributed by atoms with E-state index in [-0.39, 0.29) is 27.7 Å². The molecule has 1 aliphatic heterocycles. The topological polar surface area (TPSA) is 75.3 Å². The SMILES string of the molecule is CC(C)C1C(=O)Nc2ccc(NS(=O)(=O)c3ccccc3Cl)cc21. The summed E-state index contributed by atoms with van der Waals surface area (Å²) in [4.78, 5) is 12.1. The van der Waals surface area contributed by atoms with E-state index in [0.717, 1.165) is 11.3 Å². The molecule has 2 aromatic carbocycles. The van der Waals surface area contributed by atoms with E-state index < -0.39 is 10.0 Å². The number of carbonyl (C=O) groups excluding carboxylic acids is 1. The minimum Gasteiger partial charge on any atom is -0.325 e. The predicted octanol–water partition coefficient (Wildman–Crippen LogP) is 3.83. The van der Waals surface area contributed by atoms with Crippen LogP contribution < -0.4 is 10.0 Å². The normalized spacial score (nSPS) is 16.8. The van der Waals surface area contributed by atoms with Gasteiger partial charge in [0.2, 0.25) is 5.91 Å². The van der Waals surface area contributed by atoms with Crippen LogP contribution in [0, 0.1) is 5.92 Å². The largest absolute Gasteiger partial charge is 0.325 e. The van der Waals surface area contributed by atoms with Crippen molar-refractivity contribution in [3.63, 3.8) is 0 Å². The standard InChI is InChI=1S/C17H17ClN2O3S/c1-10(2)16-12-9-11(7-8-14(12)19-17(16)21)20-24(22,23)15-6-4-3-5-13(15)18/h3-10,16,20H,1-2H3,(H,19,21). The zero-order valence-corrected chi connectivity index (χ0v) is 14.8. The highest BCUT2D eigenvalue weighted by Gasteiger charge is 2.33. The van der Waals surface area contributed by atoms with Crippen LogP contribution in [0.4, 0.5) is 11.4 Å². The fourth-order valence-electron chi connectivity index (χ4n) is 2.88. The molecule has 0 spiro atoms. The minimum absolute atomic E-state index is 0.0155. The van der Waals surface area contributed by atoms with Crippen molar-refractivity contribution in [1.82, 2.24) is 0 Å². The van der Waals surface area contributed by atoms with Crippen LogP contribution in [0.1, 0.15) is 25.3 Å². The maximum atomic E-state index is 12.5. The smallest absolute Gasteiger partial charge is 0.263 e. The first-order valence-corrected chi connectivity index (χ1v) is 9.38. The van der Waals surface area contributed by atoms with Crippen LogP contribution in [0.5, 0.6) is 0 Å². The number of halogens is 1. The first kappa shape index (κ1) is 16.8. The van der Waals surface area contributed by atoms with Crippen LogP contribution >= 0.6 is 11.6 Å². The number of anilines is 2. The third-order valence-electron chi connectivity index (χ3n) is 3.97. The zero-order chi connectivity index (χ0) is 17.5. The van der Waals surface area contributed by atoms with Crippen LogP contribution in [0.2, 0.25) is 5.02 Å². The summed E-state index contributed by atoms with van der Waals surface area (Å²) in [6, 6.07) is 11.3. The third-order valence-corrected chi connectivity index (χ3v) is 5.85. The Kier molecular flexibility index (Phi) is 4.27. The summed E-state index contributed by atoms with van der Waals surface area (Å²) in [5, 5.41) is 2.98. The van der Waals surface area contributed by atoms with E-state index in [9.17, 15) is 13.2 Å². The molecule has 0 aromatic heterocycles. The maximum Gasteiger partial charge on any atom is 0.263 e. The van der Waals surface area contributed by atoms with Crippen molar-refractivity contribution in [2.24, 2.45) is 5.92 Å². The predicted molar refractivity (Wildman–Crippen MR) is 94.9 cm³/mol. The van der Waals surface area contributed by atoms with Gasteiger partial charge in [-0.25, -0.2) is 8.42 Å². The molecular weight excluding hydrogens is 348 g/mol. The van der Waals surface area contributed by atoms with Crippen molar-refractivity contribution in [1.29, 1.82) is 0 Å². The summed E-state index contributed by atoms with van der Waals surface area (Å²) >= 11 is 5.98. The van der Waals surface area contributed by atoms with Gasteiger partial charge in [-0.3, -0.25) is 9.52 Å². The van der Waals surface area contributed by atoms with E-state index in [1.807, 2.05) is 13.8 Å². The number of hydrogen-bond acceptors (Lipinski definition) is 3. The average molecular weight is 365 g/mol. The number of sulfonamides is 1. The monoisotopic (exact) mass is 364 g/mol. The van der Waals surface area contributed by atoms with Crippen LogP contribution in [0.15, 0.2) is 47.4 Å². The van der Waals surface area contributed by atoms with Crippen molar-refractivity contribution in [3.8, 4) is 0 Å². The van der Waals surface area contributed by atoms with Crippen molar-refractivity contribution < 1.29 is 13.2 Å². The molecule has 1 atom stereocenters. The van der Waals surface area contributed by atoms with Crippen LogP contribution in [-0.2, 0) is 14.8 Å². The van der Waals surface area contributed by atoms with Gasteiger partial charge in [0, 0.05) is 11.4 Å². The molecule has 0 aliphatic carbocycles. The van der Waals surface area contributed by atoms with E-state index in [4.69, 9.17) is 11.6 Å². The van der Waals surface area contributed by atoms with Gasteiger partial charge in [0.25, 0.3) is 10.0 Å². The number of carbonyl (C=O) groups is 1. The van der Waals surface area contributed by atoms with Gasteiger partial charge in [0.15, 0.2) is 0 Å². The van der Waals surface area contributed by atoms with E-state index in [2.05, 4.69) is 10.0 Å². The highest BCUT2D eigenvalue weighted by molar-refractivity contribution is 7.92. The molecule has 1 amide bonds. The number of hydrogen-bond donors (Lipinski definition) is 2. The second kappa shape index (κ2) is 6.11. The molecule has 5 nitrogen and oxygen atoms in total. The molecule has 0 fully saturated rings. The summed E-state index contributed by atoms with van der Waals surface area (Å²) in [5.41, 5.74) is 1.92. The summed E-state index contributed by atoms with van der Waals surface area (Å²) in [7, 11) is -3.80. The number of benzene rings is 2. The molecule has 0 saturated heterocycles. The summed E-state index contributed by atoms with van der Waals surface area (Å²) < 4.78 is 27.6. The van der Waals surface area contributed by atoms with Crippen molar-refractivity contribution >= 4 is 38.9 Å². The minimum atomic E-state index is -3.80. The summed E-state index contributed by atoms with van der Waals surface area (Å²) in [6.07, 6.45) is 0. The van der Waals surface area contributed by atoms with Gasteiger partial charge < -0.3 is 5.32 Å². The maximum absolute atomic E-state index is 12.5. The van der Waals surface area contributed by atoms with Gasteiger partial charge in [0.1, 0.15) is 4.90 Å². The van der Waals surface area contributed by atoms with Gasteiger partial charge >= 0.3 is 0 Å². The Balaban J connectivity index is 1.96. The lowest BCUT2D eigenvalue weighted by Gasteiger charge is -2.14. The second-order valence-corrected chi connectivity index (χ2v) is 8.11. The molecule has 1 heterocycles. The molecular formula is C17H17ClN2O3S. The quantitative estimate of drug-likeness (QED) is 0.865. The molecule has 2 N–H and O–H groups in total. The molecule has 0 radical (unpaired) electrons. The Morgan fingerprint density at radius 2 is 1.88 bits per heavy atom. The number of fused-ring (bicyclic) bond motifs is 1. The van der Waals surface area contributed by atoms with Crippen molar-refractivity contribution in [3.05, 3.63) is 53.1 Å². The molecule has 126 valence electrons. The van der Waals surface area contributed by atoms with Gasteiger partial charge in [-0.2, -0.15) is 0 Å². The Hall–Kier alpha value is -2.05. The number of rotatable bonds is 4. The van der Waals surface area contributed by atoms with E-state index in [1.54, 1.807) is 30.3 Å². The van der Waals surface area contributed by atoms with Crippen LogP contribution in [0.3, 0.4) is 0 Å². The number of amides is 1. The molecule has 0 saturated carbocycles. The van der Waals surface area contributed by atoms with Crippen LogP contribution in [0.25, 0.3) is 0 Å². The van der Waals surface area contributed by atoms with E-state index >= 15 is 0 Å². The molecule has 24 heavy (non-hydrogen) atoms. The Labute approximate surface area is 146 Å². The molecule has 2 aromatic rings. The van der Waals surface area contributed by atoms with Gasteiger partial charge in [-0.05, 0) is 41.8 Å². The molecule has 0 bridgehead atoms. The summed E-state index contributed by atoms with van der Waals surface area (Å²) in [6.45, 7) is 3.92. The molecule has 3 rings (SSSR count). The molecule has 1 unspecified atom stereocenters. The zero-order valence-electron chi connectivity index (χ0n) is 13.2. The lowest BCUT2D eigenvalue weighted by atomic mass is 9.89. The van der Waals surface area contributed by atoms with E-state index in [0.29, 0.717) is 5.69 Å². The van der Waals surface area contributed by atoms with Crippen molar-refractivity contribution in [2.75, 3.05) is 10.0 Å². The first-order valence-electron chi connectivity index (χ1n) is 7.52. The van der Waals surface area contributed by atoms with E-state index in [1.165, 1.54) is 12.1 Å². The number of nitrogens with one attached hydrogen (secondary N) is 2. The lowest BCUT2D eigenvalue weighted by molar-refractivity contribution is -0.117. The van der Waals surface area contributed by atoms with Gasteiger partial charge in [-0.1, -0.05) is 37.6 Å². The van der Waals surface area contributed by atoms with Gasteiger partial charge in [0.05, 0.1) is 10.9 Å². The third kappa shape index (κ3) is 2.99. The lowest BCUT2D eigenvalue weighted by Crippen LogP contribution is -2.17. The summed E-state index contributed by atoms with van der Waals surface area (Å²) in [5.74, 6) is -0.238. The Bertz CT molecular complexity index is 910. The highest BCUT2D eigenvalue weighted by atomic mass is 35.5. The first-order chi connectivity index (χ1) is 11.3. The Morgan fingerprint density at radius 1 is 1.17 bits per heavy atom. The molecule has 7 heteroatoms. The average Bonchev–Trinajstić information content (AvgIpc) is 2.82. The van der Waals surface area contributed by atoms with Gasteiger partial charge in [-0.15, -0.1) is 0 Å². The molecule has 1 aliphatic rings.